The molecule has 3 nitrogen and oxygen atoms in total. The first-order valence-corrected chi connectivity index (χ1v) is 4.21. The molecule has 0 aliphatic carbocycles. The van der Waals surface area contributed by atoms with Crippen LogP contribution in [0.1, 0.15) is 19.8 Å². The van der Waals surface area contributed by atoms with Gasteiger partial charge in [-0.15, -0.1) is 0 Å². The number of nitrogens with zero attached hydrogens (tertiary/aromatic N) is 1. The third kappa shape index (κ3) is 1.25. The van der Waals surface area contributed by atoms with Crippen LogP contribution in [0.4, 0.5) is 0 Å². The lowest BCUT2D eigenvalue weighted by atomic mass is 9.92. The van der Waals surface area contributed by atoms with Gasteiger partial charge in [-0.1, -0.05) is 0 Å². The van der Waals surface area contributed by atoms with Crippen molar-refractivity contribution in [3.8, 4) is 0 Å². The highest BCUT2D eigenvalue weighted by molar-refractivity contribution is 5.75. The summed E-state index contributed by atoms with van der Waals surface area (Å²) in [5.74, 6) is 0.855. The van der Waals surface area contributed by atoms with Crippen molar-refractivity contribution < 1.29 is 4.74 Å². The smallest absolute Gasteiger partial charge is 0.180 e. The third-order valence-electron chi connectivity index (χ3n) is 2.39. The number of ether oxygens (including phenoxy) is 1. The molecule has 0 aromatic heterocycles. The fourth-order valence-corrected chi connectivity index (χ4v) is 1.81. The topological polar surface area (TPSA) is 33.6 Å². The molecule has 0 bridgehead atoms. The molecule has 2 heterocycles. The zero-order valence-corrected chi connectivity index (χ0v) is 6.89. The Balaban J connectivity index is 2.09. The van der Waals surface area contributed by atoms with Gasteiger partial charge < -0.3 is 10.1 Å². The van der Waals surface area contributed by atoms with E-state index in [1.54, 1.807) is 0 Å². The van der Waals surface area contributed by atoms with Crippen LogP contribution in [0.25, 0.3) is 0 Å². The molecule has 3 heteroatoms. The van der Waals surface area contributed by atoms with Gasteiger partial charge in [-0.05, 0) is 19.4 Å². The fourth-order valence-electron chi connectivity index (χ4n) is 1.81. The lowest BCUT2D eigenvalue weighted by Crippen LogP contribution is -2.45. The van der Waals surface area contributed by atoms with Crippen molar-refractivity contribution in [2.24, 2.45) is 4.99 Å². The quantitative estimate of drug-likeness (QED) is 0.553. The molecule has 1 atom stereocenters. The summed E-state index contributed by atoms with van der Waals surface area (Å²) in [5, 5.41) is 3.35. The second kappa shape index (κ2) is 2.48. The molecule has 1 fully saturated rings. The largest absolute Gasteiger partial charge is 0.479 e. The van der Waals surface area contributed by atoms with Crippen molar-refractivity contribution in [1.82, 2.24) is 5.32 Å². The first-order valence-electron chi connectivity index (χ1n) is 4.21. The van der Waals surface area contributed by atoms with E-state index in [9.17, 15) is 0 Å². The summed E-state index contributed by atoms with van der Waals surface area (Å²) >= 11 is 0. The van der Waals surface area contributed by atoms with Crippen molar-refractivity contribution in [2.45, 2.75) is 25.3 Å². The van der Waals surface area contributed by atoms with E-state index in [-0.39, 0.29) is 5.54 Å². The van der Waals surface area contributed by atoms with Gasteiger partial charge in [0, 0.05) is 13.5 Å². The van der Waals surface area contributed by atoms with Gasteiger partial charge in [0.2, 0.25) is 0 Å². The van der Waals surface area contributed by atoms with Gasteiger partial charge >= 0.3 is 0 Å². The van der Waals surface area contributed by atoms with E-state index in [1.807, 2.05) is 6.92 Å². The van der Waals surface area contributed by atoms with Crippen LogP contribution in [0, 0.1) is 0 Å². The Kier molecular flexibility index (Phi) is 1.60. The van der Waals surface area contributed by atoms with Crippen LogP contribution in [0.3, 0.4) is 0 Å². The Labute approximate surface area is 66.8 Å². The summed E-state index contributed by atoms with van der Waals surface area (Å²) in [6.07, 6.45) is 2.40. The molecule has 0 saturated carbocycles. The summed E-state index contributed by atoms with van der Waals surface area (Å²) in [5.41, 5.74) is 0.0995. The van der Waals surface area contributed by atoms with E-state index >= 15 is 0 Å². The number of hydrogen-bond donors (Lipinski definition) is 1. The number of hydrogen-bond acceptors (Lipinski definition) is 3. The summed E-state index contributed by atoms with van der Waals surface area (Å²) in [7, 11) is 0. The van der Waals surface area contributed by atoms with E-state index in [2.05, 4.69) is 10.3 Å². The molecule has 0 aromatic carbocycles. The number of aliphatic imine (C=N–C) groups is 1. The van der Waals surface area contributed by atoms with E-state index in [0.717, 1.165) is 25.6 Å². The van der Waals surface area contributed by atoms with Gasteiger partial charge in [0.1, 0.15) is 12.1 Å². The van der Waals surface area contributed by atoms with Crippen LogP contribution in [0.2, 0.25) is 0 Å². The monoisotopic (exact) mass is 154 g/mol. The minimum absolute atomic E-state index is 0.0995. The highest BCUT2D eigenvalue weighted by Gasteiger charge is 2.36. The Bertz CT molecular complexity index is 183. The second-order valence-corrected chi connectivity index (χ2v) is 3.42. The summed E-state index contributed by atoms with van der Waals surface area (Å²) in [6.45, 7) is 4.84. The van der Waals surface area contributed by atoms with Gasteiger partial charge in [0.05, 0.1) is 0 Å². The average molecular weight is 154 g/mol. The Morgan fingerprint density at radius 2 is 2.55 bits per heavy atom. The number of piperidine rings is 1. The SMILES string of the molecule is CC1=NC2(CCCNC2)CO1. The zero-order valence-electron chi connectivity index (χ0n) is 6.89. The predicted molar refractivity (Wildman–Crippen MR) is 43.9 cm³/mol. The summed E-state index contributed by atoms with van der Waals surface area (Å²) in [6, 6.07) is 0. The number of nitrogens with one attached hydrogen (secondary N) is 1. The van der Waals surface area contributed by atoms with Crippen molar-refractivity contribution in [2.75, 3.05) is 19.7 Å². The lowest BCUT2D eigenvalue weighted by molar-refractivity contribution is 0.217. The first kappa shape index (κ1) is 7.10. The average Bonchev–Trinajstić information content (AvgIpc) is 2.34. The van der Waals surface area contributed by atoms with Crippen LogP contribution in [-0.4, -0.2) is 31.1 Å². The molecule has 0 amide bonds. The molecule has 0 radical (unpaired) electrons. The Hall–Kier alpha value is -0.570. The normalized spacial score (nSPS) is 37.0. The van der Waals surface area contributed by atoms with Gasteiger partial charge in [0.15, 0.2) is 5.90 Å². The molecule has 2 aliphatic rings. The fraction of sp³-hybridized carbons (Fsp3) is 0.875. The van der Waals surface area contributed by atoms with Crippen molar-refractivity contribution in [1.29, 1.82) is 0 Å². The highest BCUT2D eigenvalue weighted by atomic mass is 16.5. The molecular formula is C8H14N2O. The molecule has 1 N–H and O–H groups in total. The minimum Gasteiger partial charge on any atom is -0.479 e. The molecular weight excluding hydrogens is 140 g/mol. The maximum Gasteiger partial charge on any atom is 0.180 e. The summed E-state index contributed by atoms with van der Waals surface area (Å²) in [4.78, 5) is 4.51. The third-order valence-corrected chi connectivity index (χ3v) is 2.39. The van der Waals surface area contributed by atoms with Crippen LogP contribution < -0.4 is 5.32 Å². The van der Waals surface area contributed by atoms with Crippen LogP contribution in [0.5, 0.6) is 0 Å². The second-order valence-electron chi connectivity index (χ2n) is 3.42. The predicted octanol–water partition coefficient (Wildman–Crippen LogP) is 0.557. The van der Waals surface area contributed by atoms with Crippen LogP contribution >= 0.6 is 0 Å². The van der Waals surface area contributed by atoms with Crippen LogP contribution in [-0.2, 0) is 4.74 Å². The molecule has 1 unspecified atom stereocenters. The molecule has 0 aromatic rings. The van der Waals surface area contributed by atoms with E-state index in [4.69, 9.17) is 4.74 Å². The van der Waals surface area contributed by atoms with Gasteiger partial charge in [-0.3, -0.25) is 0 Å². The number of rotatable bonds is 0. The maximum atomic E-state index is 5.36. The molecule has 11 heavy (non-hydrogen) atoms. The molecule has 1 spiro atoms. The van der Waals surface area contributed by atoms with E-state index in [1.165, 1.54) is 12.8 Å². The van der Waals surface area contributed by atoms with Crippen molar-refractivity contribution in [3.05, 3.63) is 0 Å². The van der Waals surface area contributed by atoms with Gasteiger partial charge in [-0.2, -0.15) is 0 Å². The highest BCUT2D eigenvalue weighted by Crippen LogP contribution is 2.25. The van der Waals surface area contributed by atoms with Gasteiger partial charge in [0.25, 0.3) is 0 Å². The Morgan fingerprint density at radius 1 is 1.64 bits per heavy atom. The van der Waals surface area contributed by atoms with Crippen molar-refractivity contribution >= 4 is 5.90 Å². The molecule has 2 aliphatic heterocycles. The molecule has 62 valence electrons. The standard InChI is InChI=1S/C8H14N2O/c1-7-10-8(6-11-7)3-2-4-9-5-8/h9H,2-6H2,1H3. The zero-order chi connectivity index (χ0) is 7.73. The van der Waals surface area contributed by atoms with Crippen LogP contribution in [0.15, 0.2) is 4.99 Å². The maximum absolute atomic E-state index is 5.36. The van der Waals surface area contributed by atoms with E-state index in [0.29, 0.717) is 0 Å². The van der Waals surface area contributed by atoms with Crippen molar-refractivity contribution in [3.63, 3.8) is 0 Å². The first-order chi connectivity index (χ1) is 5.31. The molecule has 2 rings (SSSR count). The minimum atomic E-state index is 0.0995. The Morgan fingerprint density at radius 3 is 3.09 bits per heavy atom. The molecule has 1 saturated heterocycles. The van der Waals surface area contributed by atoms with Gasteiger partial charge in [-0.25, -0.2) is 4.99 Å². The lowest BCUT2D eigenvalue weighted by Gasteiger charge is -2.28. The van der Waals surface area contributed by atoms with E-state index < -0.39 is 0 Å². The summed E-state index contributed by atoms with van der Waals surface area (Å²) < 4.78 is 5.36.